The Kier molecular flexibility index (Phi) is 3.56. The molecule has 0 saturated heterocycles. The molecule has 0 radical (unpaired) electrons. The normalized spacial score (nSPS) is 10.9. The van der Waals surface area contributed by atoms with Gasteiger partial charge in [0.05, 0.1) is 5.52 Å². The molecule has 0 atom stereocenters. The fourth-order valence-electron chi connectivity index (χ4n) is 1.83. The zero-order valence-electron chi connectivity index (χ0n) is 9.55. The third-order valence-electron chi connectivity index (χ3n) is 2.68. The summed E-state index contributed by atoms with van der Waals surface area (Å²) in [5.41, 5.74) is 3.50. The van der Waals surface area contributed by atoms with E-state index >= 15 is 0 Å². The topological polar surface area (TPSA) is 24.9 Å². The Bertz CT molecular complexity index is 509. The minimum Gasteiger partial charge on any atom is -0.319 e. The van der Waals surface area contributed by atoms with Crippen molar-refractivity contribution in [2.45, 2.75) is 13.3 Å². The maximum absolute atomic E-state index is 4.69. The summed E-state index contributed by atoms with van der Waals surface area (Å²) in [4.78, 5) is 4.69. The van der Waals surface area contributed by atoms with E-state index in [2.05, 4.69) is 45.3 Å². The molecule has 0 fully saturated rings. The number of nitrogens with zero attached hydrogens (tertiary/aromatic N) is 1. The van der Waals surface area contributed by atoms with Gasteiger partial charge >= 0.3 is 0 Å². The highest BCUT2D eigenvalue weighted by molar-refractivity contribution is 9.10. The summed E-state index contributed by atoms with van der Waals surface area (Å²) in [6, 6.07) is 8.38. The van der Waals surface area contributed by atoms with Crippen LogP contribution in [0.15, 0.2) is 28.7 Å². The molecule has 0 saturated carbocycles. The molecule has 0 spiro atoms. The summed E-state index contributed by atoms with van der Waals surface area (Å²) in [7, 11) is 1.96. The van der Waals surface area contributed by atoms with Crippen LogP contribution in [0.2, 0.25) is 0 Å². The van der Waals surface area contributed by atoms with Crippen LogP contribution < -0.4 is 5.32 Å². The van der Waals surface area contributed by atoms with Crippen LogP contribution in [0.1, 0.15) is 11.3 Å². The molecule has 1 N–H and O–H groups in total. The number of benzene rings is 1. The average Bonchev–Trinajstić information content (AvgIpc) is 2.28. The van der Waals surface area contributed by atoms with Gasteiger partial charge in [-0.3, -0.25) is 4.98 Å². The van der Waals surface area contributed by atoms with Crippen LogP contribution in [-0.4, -0.2) is 18.6 Å². The van der Waals surface area contributed by atoms with Gasteiger partial charge in [-0.1, -0.05) is 12.1 Å². The monoisotopic (exact) mass is 278 g/mol. The van der Waals surface area contributed by atoms with Crippen LogP contribution >= 0.6 is 15.9 Å². The molecule has 0 aliphatic rings. The molecule has 3 heteroatoms. The SMILES string of the molecule is CNCCc1cc(C)c2cccc(Br)c2n1. The molecular formula is C13H15BrN2. The Labute approximate surface area is 104 Å². The van der Waals surface area contributed by atoms with Crippen molar-refractivity contribution in [3.05, 3.63) is 40.0 Å². The molecule has 1 heterocycles. The van der Waals surface area contributed by atoms with Crippen LogP contribution in [0.25, 0.3) is 10.9 Å². The highest BCUT2D eigenvalue weighted by atomic mass is 79.9. The molecule has 0 aliphatic carbocycles. The summed E-state index contributed by atoms with van der Waals surface area (Å²) in [6.45, 7) is 3.10. The lowest BCUT2D eigenvalue weighted by Gasteiger charge is -2.07. The lowest BCUT2D eigenvalue weighted by molar-refractivity contribution is 0.778. The molecule has 2 aromatic rings. The van der Waals surface area contributed by atoms with Crippen molar-refractivity contribution in [3.63, 3.8) is 0 Å². The zero-order chi connectivity index (χ0) is 11.5. The minimum absolute atomic E-state index is 0.961. The fourth-order valence-corrected chi connectivity index (χ4v) is 2.29. The maximum atomic E-state index is 4.69. The lowest BCUT2D eigenvalue weighted by Crippen LogP contribution is -2.11. The first-order valence-corrected chi connectivity index (χ1v) is 6.21. The lowest BCUT2D eigenvalue weighted by atomic mass is 10.1. The predicted molar refractivity (Wildman–Crippen MR) is 71.8 cm³/mol. The van der Waals surface area contributed by atoms with E-state index in [1.54, 1.807) is 0 Å². The first-order valence-electron chi connectivity index (χ1n) is 5.41. The number of likely N-dealkylation sites (N-methyl/N-ethyl adjacent to an activating group) is 1. The second-order valence-corrected chi connectivity index (χ2v) is 4.77. The largest absolute Gasteiger partial charge is 0.319 e. The van der Waals surface area contributed by atoms with Crippen LogP contribution in [0, 0.1) is 6.92 Å². The van der Waals surface area contributed by atoms with Gasteiger partial charge in [-0.15, -0.1) is 0 Å². The second kappa shape index (κ2) is 4.93. The van der Waals surface area contributed by atoms with Crippen LogP contribution in [0.5, 0.6) is 0 Å². The highest BCUT2D eigenvalue weighted by Crippen LogP contribution is 2.25. The van der Waals surface area contributed by atoms with Gasteiger partial charge in [0.15, 0.2) is 0 Å². The standard InChI is InChI=1S/C13H15BrN2/c1-9-8-10(6-7-15-2)16-13-11(9)4-3-5-12(13)14/h3-5,8,15H,6-7H2,1-2H3. The number of aromatic nitrogens is 1. The third-order valence-corrected chi connectivity index (χ3v) is 3.32. The summed E-state index contributed by atoms with van der Waals surface area (Å²) in [5, 5.41) is 4.37. The van der Waals surface area contributed by atoms with E-state index in [1.165, 1.54) is 10.9 Å². The van der Waals surface area contributed by atoms with Crippen molar-refractivity contribution >= 4 is 26.8 Å². The van der Waals surface area contributed by atoms with Gasteiger partial charge in [-0.2, -0.15) is 0 Å². The first kappa shape index (κ1) is 11.6. The molecule has 0 bridgehead atoms. The summed E-state index contributed by atoms with van der Waals surface area (Å²) < 4.78 is 1.07. The van der Waals surface area contributed by atoms with Gasteiger partial charge in [0.1, 0.15) is 0 Å². The zero-order valence-corrected chi connectivity index (χ0v) is 11.1. The van der Waals surface area contributed by atoms with Gasteiger partial charge in [0, 0.05) is 28.5 Å². The van der Waals surface area contributed by atoms with E-state index in [1.807, 2.05) is 19.2 Å². The summed E-state index contributed by atoms with van der Waals surface area (Å²) >= 11 is 3.56. The van der Waals surface area contributed by atoms with Crippen molar-refractivity contribution in [2.75, 3.05) is 13.6 Å². The quantitative estimate of drug-likeness (QED) is 0.934. The fraction of sp³-hybridized carbons (Fsp3) is 0.308. The third kappa shape index (κ3) is 2.25. The highest BCUT2D eigenvalue weighted by Gasteiger charge is 2.05. The molecular weight excluding hydrogens is 264 g/mol. The molecule has 16 heavy (non-hydrogen) atoms. The van der Waals surface area contributed by atoms with Gasteiger partial charge in [-0.05, 0) is 47.6 Å². The van der Waals surface area contributed by atoms with Crippen LogP contribution in [0.3, 0.4) is 0 Å². The predicted octanol–water partition coefficient (Wildman–Crippen LogP) is 3.07. The number of fused-ring (bicyclic) bond motifs is 1. The van der Waals surface area contributed by atoms with Gasteiger partial charge in [0.2, 0.25) is 0 Å². The number of nitrogens with one attached hydrogen (secondary N) is 1. The van der Waals surface area contributed by atoms with Crippen LogP contribution in [0.4, 0.5) is 0 Å². The molecule has 2 rings (SSSR count). The molecule has 0 aliphatic heterocycles. The van der Waals surface area contributed by atoms with Crippen LogP contribution in [-0.2, 0) is 6.42 Å². The van der Waals surface area contributed by atoms with E-state index in [-0.39, 0.29) is 0 Å². The number of pyridine rings is 1. The van der Waals surface area contributed by atoms with E-state index in [0.29, 0.717) is 0 Å². The second-order valence-electron chi connectivity index (χ2n) is 3.92. The number of halogens is 1. The van der Waals surface area contributed by atoms with Crippen molar-refractivity contribution in [1.29, 1.82) is 0 Å². The van der Waals surface area contributed by atoms with Crippen molar-refractivity contribution in [3.8, 4) is 0 Å². The van der Waals surface area contributed by atoms with Gasteiger partial charge in [-0.25, -0.2) is 0 Å². The van der Waals surface area contributed by atoms with E-state index < -0.39 is 0 Å². The number of aryl methyl sites for hydroxylation is 1. The van der Waals surface area contributed by atoms with E-state index in [9.17, 15) is 0 Å². The molecule has 84 valence electrons. The number of rotatable bonds is 3. The van der Waals surface area contributed by atoms with Crippen molar-refractivity contribution in [1.82, 2.24) is 10.3 Å². The number of hydrogen-bond donors (Lipinski definition) is 1. The van der Waals surface area contributed by atoms with Gasteiger partial charge < -0.3 is 5.32 Å². The molecule has 2 nitrogen and oxygen atoms in total. The molecule has 1 aromatic carbocycles. The van der Waals surface area contributed by atoms with Gasteiger partial charge in [0.25, 0.3) is 0 Å². The number of hydrogen-bond acceptors (Lipinski definition) is 2. The molecule has 0 amide bonds. The van der Waals surface area contributed by atoms with Crippen molar-refractivity contribution in [2.24, 2.45) is 0 Å². The average molecular weight is 279 g/mol. The first-order chi connectivity index (χ1) is 7.72. The molecule has 1 aromatic heterocycles. The Morgan fingerprint density at radius 1 is 1.38 bits per heavy atom. The van der Waals surface area contributed by atoms with E-state index in [0.717, 1.165) is 28.6 Å². The smallest absolute Gasteiger partial charge is 0.0849 e. The maximum Gasteiger partial charge on any atom is 0.0849 e. The summed E-state index contributed by atoms with van der Waals surface area (Å²) in [6.07, 6.45) is 0.967. The Hall–Kier alpha value is -0.930. The molecule has 0 unspecified atom stereocenters. The minimum atomic E-state index is 0.961. The Morgan fingerprint density at radius 3 is 2.94 bits per heavy atom. The van der Waals surface area contributed by atoms with Crippen molar-refractivity contribution < 1.29 is 0 Å². The van der Waals surface area contributed by atoms with E-state index in [4.69, 9.17) is 0 Å². The Balaban J connectivity index is 2.52. The summed E-state index contributed by atoms with van der Waals surface area (Å²) in [5.74, 6) is 0. The Morgan fingerprint density at radius 2 is 2.19 bits per heavy atom. The number of para-hydroxylation sites is 1.